The van der Waals surface area contributed by atoms with Crippen LogP contribution < -0.4 is 4.90 Å². The molecule has 4 rings (SSSR count). The van der Waals surface area contributed by atoms with Crippen molar-refractivity contribution >= 4 is 52.2 Å². The number of benzene rings is 2. The lowest BCUT2D eigenvalue weighted by Crippen LogP contribution is -2.34. The van der Waals surface area contributed by atoms with Crippen LogP contribution in [0.25, 0.3) is 0 Å². The fourth-order valence-electron chi connectivity index (χ4n) is 3.00. The number of ketones is 1. The van der Waals surface area contributed by atoms with E-state index >= 15 is 0 Å². The van der Waals surface area contributed by atoms with Crippen LogP contribution in [0, 0.1) is 5.92 Å². The van der Waals surface area contributed by atoms with Crippen molar-refractivity contribution in [3.63, 3.8) is 0 Å². The van der Waals surface area contributed by atoms with Gasteiger partial charge in [-0.15, -0.1) is 0 Å². The number of fused-ring (bicyclic) bond motifs is 1. The number of anilines is 1. The Labute approximate surface area is 157 Å². The van der Waals surface area contributed by atoms with Gasteiger partial charge in [-0.25, -0.2) is 4.90 Å². The Bertz CT molecular complexity index is 974. The maximum absolute atomic E-state index is 12.9. The van der Waals surface area contributed by atoms with E-state index in [1.54, 1.807) is 36.4 Å². The third-order valence-corrected chi connectivity index (χ3v) is 4.78. The summed E-state index contributed by atoms with van der Waals surface area (Å²) in [4.78, 5) is 44.2. The first-order valence-corrected chi connectivity index (χ1v) is 8.41. The minimum atomic E-state index is -1.18. The first kappa shape index (κ1) is 16.8. The number of hydrogen-bond acceptors (Lipinski definition) is 5. The fraction of sp³-hybridized carbons (Fsp3) is 0.111. The number of nitrogens with zero attached hydrogens (tertiary/aromatic N) is 2. The first-order valence-electron chi connectivity index (χ1n) is 7.65. The van der Waals surface area contributed by atoms with E-state index in [1.165, 1.54) is 12.1 Å². The van der Waals surface area contributed by atoms with Gasteiger partial charge in [0.25, 0.3) is 5.91 Å². The summed E-state index contributed by atoms with van der Waals surface area (Å²) < 4.78 is 0. The van der Waals surface area contributed by atoms with Crippen LogP contribution in [0.15, 0.2) is 53.7 Å². The molecule has 6 nitrogen and oxygen atoms in total. The molecule has 0 aliphatic carbocycles. The average Bonchev–Trinajstić information content (AvgIpc) is 3.18. The largest absolute Gasteiger partial charge is 0.381 e. The number of oxime groups is 1. The Morgan fingerprint density at radius 2 is 1.77 bits per heavy atom. The average molecular weight is 389 g/mol. The van der Waals surface area contributed by atoms with Crippen molar-refractivity contribution in [3.05, 3.63) is 64.1 Å². The number of Topliss-reactive ketones (excluding diaryl/α,β-unsaturated/α-hetero) is 1. The summed E-state index contributed by atoms with van der Waals surface area (Å²) in [7, 11) is 0. The zero-order valence-electron chi connectivity index (χ0n) is 13.1. The van der Waals surface area contributed by atoms with Crippen molar-refractivity contribution in [1.82, 2.24) is 0 Å². The lowest BCUT2D eigenvalue weighted by atomic mass is 9.93. The Morgan fingerprint density at radius 1 is 1.04 bits per heavy atom. The van der Waals surface area contributed by atoms with E-state index in [9.17, 15) is 14.4 Å². The first-order chi connectivity index (χ1) is 12.5. The molecule has 130 valence electrons. The molecular formula is C18H10Cl2N2O4. The van der Waals surface area contributed by atoms with Crippen LogP contribution in [0.3, 0.4) is 0 Å². The summed E-state index contributed by atoms with van der Waals surface area (Å²) in [6, 6.07) is 12.8. The van der Waals surface area contributed by atoms with E-state index in [0.29, 0.717) is 10.6 Å². The van der Waals surface area contributed by atoms with Crippen LogP contribution in [0.5, 0.6) is 0 Å². The Balaban J connectivity index is 1.70. The summed E-state index contributed by atoms with van der Waals surface area (Å²) in [6.07, 6.45) is -1.18. The molecule has 8 heteroatoms. The van der Waals surface area contributed by atoms with Gasteiger partial charge in [0.15, 0.2) is 0 Å². The molecule has 0 unspecified atom stereocenters. The fourth-order valence-corrected chi connectivity index (χ4v) is 3.37. The maximum atomic E-state index is 12.9. The standard InChI is InChI=1S/C18H10Cl2N2O4/c19-10-6-7-11(20)12(8-10)22-17(24)13-14(21-26-16(13)18(22)25)15(23)9-4-2-1-3-5-9/h1-8,13,16H/t13-,16-/m1/s1. The molecule has 26 heavy (non-hydrogen) atoms. The molecular weight excluding hydrogens is 379 g/mol. The monoisotopic (exact) mass is 388 g/mol. The number of imide groups is 1. The van der Waals surface area contributed by atoms with Gasteiger partial charge in [0, 0.05) is 10.6 Å². The third kappa shape index (κ3) is 2.50. The Hall–Kier alpha value is -2.70. The molecule has 2 aromatic carbocycles. The van der Waals surface area contributed by atoms with Gasteiger partial charge in [-0.05, 0) is 18.2 Å². The van der Waals surface area contributed by atoms with E-state index in [2.05, 4.69) is 5.16 Å². The number of hydrogen-bond donors (Lipinski definition) is 0. The van der Waals surface area contributed by atoms with Gasteiger partial charge in [-0.1, -0.05) is 58.7 Å². The van der Waals surface area contributed by atoms with Crippen molar-refractivity contribution in [2.24, 2.45) is 11.1 Å². The summed E-state index contributed by atoms with van der Waals surface area (Å²) in [5, 5.41) is 4.21. The van der Waals surface area contributed by atoms with Crippen LogP contribution >= 0.6 is 23.2 Å². The smallest absolute Gasteiger partial charge is 0.279 e. The highest BCUT2D eigenvalue weighted by atomic mass is 35.5. The second-order valence-corrected chi connectivity index (χ2v) is 6.63. The molecule has 2 atom stereocenters. The van der Waals surface area contributed by atoms with Crippen LogP contribution in [0.2, 0.25) is 10.0 Å². The summed E-state index contributed by atoms with van der Waals surface area (Å²) in [6.45, 7) is 0. The number of amides is 2. The van der Waals surface area contributed by atoms with Gasteiger partial charge in [0.1, 0.15) is 11.6 Å². The van der Waals surface area contributed by atoms with Gasteiger partial charge in [0.05, 0.1) is 10.7 Å². The molecule has 2 aliphatic rings. The predicted octanol–water partition coefficient (Wildman–Crippen LogP) is 3.12. The highest BCUT2D eigenvalue weighted by Crippen LogP contribution is 2.38. The van der Waals surface area contributed by atoms with Gasteiger partial charge in [-0.2, -0.15) is 0 Å². The normalized spacial score (nSPS) is 21.5. The van der Waals surface area contributed by atoms with Gasteiger partial charge in [0.2, 0.25) is 17.8 Å². The maximum Gasteiger partial charge on any atom is 0.279 e. The predicted molar refractivity (Wildman–Crippen MR) is 95.5 cm³/mol. The second-order valence-electron chi connectivity index (χ2n) is 5.78. The summed E-state index contributed by atoms with van der Waals surface area (Å²) in [5.41, 5.74) is 0.411. The lowest BCUT2D eigenvalue weighted by molar-refractivity contribution is -0.126. The van der Waals surface area contributed by atoms with Crippen molar-refractivity contribution in [2.45, 2.75) is 6.10 Å². The van der Waals surface area contributed by atoms with Crippen LogP contribution in [-0.4, -0.2) is 29.4 Å². The quantitative estimate of drug-likeness (QED) is 0.597. The van der Waals surface area contributed by atoms with Gasteiger partial charge >= 0.3 is 0 Å². The van der Waals surface area contributed by atoms with E-state index < -0.39 is 29.6 Å². The number of rotatable bonds is 3. The summed E-state index contributed by atoms with van der Waals surface area (Å²) >= 11 is 12.1. The Kier molecular flexibility index (Phi) is 4.01. The molecule has 0 N–H and O–H groups in total. The molecule has 0 bridgehead atoms. The molecule has 2 aromatic rings. The topological polar surface area (TPSA) is 76.0 Å². The summed E-state index contributed by atoms with van der Waals surface area (Å²) in [5.74, 6) is -2.82. The molecule has 0 spiro atoms. The minimum absolute atomic E-state index is 0.0970. The van der Waals surface area contributed by atoms with Crippen molar-refractivity contribution < 1.29 is 19.2 Å². The van der Waals surface area contributed by atoms with E-state index in [4.69, 9.17) is 28.0 Å². The van der Waals surface area contributed by atoms with Gasteiger partial charge in [-0.3, -0.25) is 14.4 Å². The van der Waals surface area contributed by atoms with Crippen LogP contribution in [0.1, 0.15) is 10.4 Å². The molecule has 0 saturated carbocycles. The van der Waals surface area contributed by atoms with E-state index in [1.807, 2.05) is 0 Å². The zero-order chi connectivity index (χ0) is 18.4. The van der Waals surface area contributed by atoms with Crippen LogP contribution in [0.4, 0.5) is 5.69 Å². The Morgan fingerprint density at radius 3 is 2.50 bits per heavy atom. The van der Waals surface area contributed by atoms with Gasteiger partial charge < -0.3 is 4.84 Å². The third-order valence-electron chi connectivity index (χ3n) is 4.23. The molecule has 0 radical (unpaired) electrons. The van der Waals surface area contributed by atoms with Crippen molar-refractivity contribution in [2.75, 3.05) is 4.90 Å². The molecule has 1 fully saturated rings. The minimum Gasteiger partial charge on any atom is -0.381 e. The SMILES string of the molecule is O=C(C1=NO[C@H]2C(=O)N(c3cc(Cl)ccc3Cl)C(=O)[C@H]12)c1ccccc1. The molecule has 0 aromatic heterocycles. The molecule has 1 saturated heterocycles. The number of carbonyl (C=O) groups is 3. The van der Waals surface area contributed by atoms with Crippen molar-refractivity contribution in [1.29, 1.82) is 0 Å². The zero-order valence-corrected chi connectivity index (χ0v) is 14.6. The van der Waals surface area contributed by atoms with E-state index in [-0.39, 0.29) is 16.4 Å². The second kappa shape index (κ2) is 6.23. The molecule has 2 aliphatic heterocycles. The highest BCUT2D eigenvalue weighted by Gasteiger charge is 2.57. The molecule has 2 heterocycles. The number of carbonyl (C=O) groups excluding carboxylic acids is 3. The van der Waals surface area contributed by atoms with Crippen LogP contribution in [-0.2, 0) is 14.4 Å². The molecule has 2 amide bonds. The number of halogens is 2. The highest BCUT2D eigenvalue weighted by molar-refractivity contribution is 6.52. The van der Waals surface area contributed by atoms with Crippen molar-refractivity contribution in [3.8, 4) is 0 Å². The lowest BCUT2D eigenvalue weighted by Gasteiger charge is -2.17. The van der Waals surface area contributed by atoms with E-state index in [0.717, 1.165) is 4.90 Å².